The Morgan fingerprint density at radius 1 is 1.24 bits per heavy atom. The molecule has 0 unspecified atom stereocenters. The Morgan fingerprint density at radius 3 is 2.67 bits per heavy atom. The largest absolute Gasteiger partial charge is 0.497 e. The van der Waals surface area contributed by atoms with E-state index in [1.54, 1.807) is 13.2 Å². The maximum atomic E-state index is 10.9. The van der Waals surface area contributed by atoms with Crippen molar-refractivity contribution in [1.29, 1.82) is 0 Å². The number of non-ortho nitro benzene ring substituents is 1. The first-order valence-electron chi connectivity index (χ1n) is 6.25. The minimum atomic E-state index is -0.461. The van der Waals surface area contributed by atoms with Crippen LogP contribution in [0.1, 0.15) is 5.56 Å². The first-order valence-corrected chi connectivity index (χ1v) is 6.25. The maximum absolute atomic E-state index is 10.9. The lowest BCUT2D eigenvalue weighted by Gasteiger charge is -2.09. The fourth-order valence-corrected chi connectivity index (χ4v) is 1.89. The molecule has 0 spiro atoms. The molecule has 0 atom stereocenters. The number of anilines is 2. The molecular weight excluding hydrogens is 272 g/mol. The summed E-state index contributed by atoms with van der Waals surface area (Å²) in [4.78, 5) is 10.4. The molecule has 0 radical (unpaired) electrons. The number of nitrogen functional groups attached to an aromatic ring is 1. The first kappa shape index (κ1) is 14.6. The number of nitro benzene ring substituents is 1. The highest BCUT2D eigenvalue weighted by molar-refractivity contribution is 5.63. The van der Waals surface area contributed by atoms with Crippen LogP contribution in [-0.2, 0) is 6.54 Å². The van der Waals surface area contributed by atoms with Crippen LogP contribution in [0.15, 0.2) is 42.5 Å². The van der Waals surface area contributed by atoms with Gasteiger partial charge in [-0.1, -0.05) is 12.1 Å². The Kier molecular flexibility index (Phi) is 4.57. The number of benzene rings is 2. The van der Waals surface area contributed by atoms with Crippen LogP contribution in [0, 0.1) is 10.1 Å². The number of nitrogens with two attached hydrogens (primary N) is 1. The third kappa shape index (κ3) is 3.83. The monoisotopic (exact) mass is 288 g/mol. The highest BCUT2D eigenvalue weighted by atomic mass is 16.6. The van der Waals surface area contributed by atoms with Crippen molar-refractivity contribution >= 4 is 17.1 Å². The molecule has 2 aromatic carbocycles. The van der Waals surface area contributed by atoms with E-state index in [2.05, 4.69) is 10.7 Å². The average molecular weight is 288 g/mol. The van der Waals surface area contributed by atoms with Crippen LogP contribution in [0.4, 0.5) is 17.1 Å². The van der Waals surface area contributed by atoms with E-state index in [9.17, 15) is 10.1 Å². The van der Waals surface area contributed by atoms with Crippen LogP contribution >= 0.6 is 0 Å². The summed E-state index contributed by atoms with van der Waals surface area (Å²) in [6.45, 7) is 0.516. The molecule has 0 aliphatic rings. The molecule has 0 aromatic heterocycles. The van der Waals surface area contributed by atoms with E-state index < -0.39 is 4.92 Å². The summed E-state index contributed by atoms with van der Waals surface area (Å²) in [5, 5.41) is 14.0. The third-order valence-corrected chi connectivity index (χ3v) is 2.93. The summed E-state index contributed by atoms with van der Waals surface area (Å²) in [5.74, 6) is 6.08. The zero-order valence-corrected chi connectivity index (χ0v) is 11.5. The van der Waals surface area contributed by atoms with Crippen LogP contribution in [0.5, 0.6) is 5.75 Å². The van der Waals surface area contributed by atoms with Gasteiger partial charge in [0.1, 0.15) is 5.75 Å². The van der Waals surface area contributed by atoms with E-state index >= 15 is 0 Å². The lowest BCUT2D eigenvalue weighted by Crippen LogP contribution is -2.08. The second kappa shape index (κ2) is 6.58. The fraction of sp³-hybridized carbons (Fsp3) is 0.143. The van der Waals surface area contributed by atoms with Gasteiger partial charge in [0, 0.05) is 24.4 Å². The van der Waals surface area contributed by atoms with Crippen LogP contribution in [0.25, 0.3) is 0 Å². The number of hydrogen-bond donors (Lipinski definition) is 3. The Balaban J connectivity index is 2.15. The van der Waals surface area contributed by atoms with Crippen LogP contribution < -0.4 is 21.3 Å². The van der Waals surface area contributed by atoms with E-state index in [0.29, 0.717) is 17.9 Å². The van der Waals surface area contributed by atoms with Crippen molar-refractivity contribution in [2.24, 2.45) is 5.84 Å². The number of nitrogens with zero attached hydrogens (tertiary/aromatic N) is 1. The van der Waals surface area contributed by atoms with Gasteiger partial charge in [-0.05, 0) is 23.8 Å². The molecule has 0 bridgehead atoms. The second-order valence-electron chi connectivity index (χ2n) is 4.38. The highest BCUT2D eigenvalue weighted by Gasteiger charge is 2.09. The van der Waals surface area contributed by atoms with Crippen molar-refractivity contribution in [3.05, 3.63) is 58.1 Å². The third-order valence-electron chi connectivity index (χ3n) is 2.93. The predicted molar refractivity (Wildman–Crippen MR) is 81.2 cm³/mol. The minimum Gasteiger partial charge on any atom is -0.497 e. The van der Waals surface area contributed by atoms with E-state index in [-0.39, 0.29) is 5.69 Å². The summed E-state index contributed by atoms with van der Waals surface area (Å²) in [7, 11) is 1.60. The van der Waals surface area contributed by atoms with Crippen LogP contribution in [0.2, 0.25) is 0 Å². The van der Waals surface area contributed by atoms with Crippen molar-refractivity contribution in [1.82, 2.24) is 0 Å². The Morgan fingerprint density at radius 2 is 2.00 bits per heavy atom. The Bertz CT molecular complexity index is 646. The number of methoxy groups -OCH3 is 1. The molecule has 2 rings (SSSR count). The van der Waals surface area contributed by atoms with Gasteiger partial charge in [-0.2, -0.15) is 0 Å². The van der Waals surface area contributed by atoms with Gasteiger partial charge < -0.3 is 15.5 Å². The van der Waals surface area contributed by atoms with Gasteiger partial charge in [0.05, 0.1) is 17.7 Å². The molecule has 110 valence electrons. The van der Waals surface area contributed by atoms with E-state index in [1.165, 1.54) is 12.1 Å². The maximum Gasteiger partial charge on any atom is 0.273 e. The number of ether oxygens (including phenoxy) is 1. The summed E-state index contributed by atoms with van der Waals surface area (Å²) < 4.78 is 5.15. The van der Waals surface area contributed by atoms with Crippen LogP contribution in [-0.4, -0.2) is 12.0 Å². The standard InChI is InChI=1S/C14H16N4O3/c1-21-14-4-2-3-10(5-14)9-16-11-6-12(17-15)8-13(7-11)18(19)20/h2-8,16-17H,9,15H2,1H3. The van der Waals surface area contributed by atoms with E-state index in [1.807, 2.05) is 24.3 Å². The zero-order valence-electron chi connectivity index (χ0n) is 11.5. The molecule has 0 heterocycles. The summed E-state index contributed by atoms with van der Waals surface area (Å²) >= 11 is 0. The molecule has 0 amide bonds. The molecule has 2 aromatic rings. The summed E-state index contributed by atoms with van der Waals surface area (Å²) in [5.41, 5.74) is 4.47. The normalized spacial score (nSPS) is 10.0. The van der Waals surface area contributed by atoms with Gasteiger partial charge in [0.25, 0.3) is 5.69 Å². The van der Waals surface area contributed by atoms with Gasteiger partial charge in [0.15, 0.2) is 0 Å². The Hall–Kier alpha value is -2.80. The molecule has 0 fully saturated rings. The summed E-state index contributed by atoms with van der Waals surface area (Å²) in [6, 6.07) is 12.1. The highest BCUT2D eigenvalue weighted by Crippen LogP contribution is 2.24. The number of hydrazine groups is 1. The molecule has 0 saturated heterocycles. The molecule has 7 heteroatoms. The van der Waals surface area contributed by atoms with Gasteiger partial charge in [0.2, 0.25) is 0 Å². The topological polar surface area (TPSA) is 102 Å². The minimum absolute atomic E-state index is 0.0291. The van der Waals surface area contributed by atoms with Gasteiger partial charge in [-0.25, -0.2) is 0 Å². The van der Waals surface area contributed by atoms with E-state index in [0.717, 1.165) is 11.3 Å². The SMILES string of the molecule is COc1cccc(CNc2cc(NN)cc([N+](=O)[O-])c2)c1. The number of nitrogens with one attached hydrogen (secondary N) is 2. The fourth-order valence-electron chi connectivity index (χ4n) is 1.89. The van der Waals surface area contributed by atoms with Crippen molar-refractivity contribution in [2.45, 2.75) is 6.54 Å². The lowest BCUT2D eigenvalue weighted by molar-refractivity contribution is -0.384. The Labute approximate surface area is 121 Å². The molecule has 4 N–H and O–H groups in total. The quantitative estimate of drug-likeness (QED) is 0.429. The second-order valence-corrected chi connectivity index (χ2v) is 4.38. The molecule has 7 nitrogen and oxygen atoms in total. The molecule has 0 aliphatic heterocycles. The smallest absolute Gasteiger partial charge is 0.273 e. The average Bonchev–Trinajstić information content (AvgIpc) is 2.52. The van der Waals surface area contributed by atoms with Gasteiger partial charge in [-0.15, -0.1) is 0 Å². The molecule has 0 saturated carbocycles. The summed E-state index contributed by atoms with van der Waals surface area (Å²) in [6.07, 6.45) is 0. The van der Waals surface area contributed by atoms with E-state index in [4.69, 9.17) is 10.6 Å². The molecule has 0 aliphatic carbocycles. The van der Waals surface area contributed by atoms with Crippen molar-refractivity contribution < 1.29 is 9.66 Å². The number of hydrogen-bond acceptors (Lipinski definition) is 6. The van der Waals surface area contributed by atoms with Crippen molar-refractivity contribution in [2.75, 3.05) is 17.9 Å². The molecular formula is C14H16N4O3. The molecule has 21 heavy (non-hydrogen) atoms. The predicted octanol–water partition coefficient (Wildman–Crippen LogP) is 2.50. The first-order chi connectivity index (χ1) is 10.1. The zero-order chi connectivity index (χ0) is 15.2. The number of nitro groups is 1. The van der Waals surface area contributed by atoms with Gasteiger partial charge in [-0.3, -0.25) is 16.0 Å². The van der Waals surface area contributed by atoms with Gasteiger partial charge >= 0.3 is 0 Å². The van der Waals surface area contributed by atoms with Crippen LogP contribution in [0.3, 0.4) is 0 Å². The number of rotatable bonds is 6. The van der Waals surface area contributed by atoms with Crippen molar-refractivity contribution in [3.8, 4) is 5.75 Å². The van der Waals surface area contributed by atoms with Crippen molar-refractivity contribution in [3.63, 3.8) is 0 Å². The lowest BCUT2D eigenvalue weighted by atomic mass is 10.2.